The zero-order valence-electron chi connectivity index (χ0n) is 12.5. The van der Waals surface area contributed by atoms with Crippen LogP contribution in [0.5, 0.6) is 0 Å². The van der Waals surface area contributed by atoms with Gasteiger partial charge < -0.3 is 5.32 Å². The van der Waals surface area contributed by atoms with Crippen molar-refractivity contribution >= 4 is 0 Å². The minimum absolute atomic E-state index is 0.546. The Morgan fingerprint density at radius 3 is 2.63 bits per heavy atom. The molecule has 2 aromatic rings. The van der Waals surface area contributed by atoms with Crippen LogP contribution in [0.25, 0.3) is 11.3 Å². The SMILES string of the molecule is CNCc1cc(-c2cc(C(C)C)ccc2C)n(C)n1. The predicted octanol–water partition coefficient (Wildman–Crippen LogP) is 3.24. The number of aryl methyl sites for hydroxylation is 2. The lowest BCUT2D eigenvalue weighted by Gasteiger charge is -2.11. The number of aromatic nitrogens is 2. The predicted molar refractivity (Wildman–Crippen MR) is 80.2 cm³/mol. The maximum absolute atomic E-state index is 4.55. The van der Waals surface area contributed by atoms with Gasteiger partial charge in [0.15, 0.2) is 0 Å². The van der Waals surface area contributed by atoms with Crippen molar-refractivity contribution in [1.82, 2.24) is 15.1 Å². The van der Waals surface area contributed by atoms with Gasteiger partial charge in [0, 0.05) is 19.2 Å². The highest BCUT2D eigenvalue weighted by atomic mass is 15.3. The Balaban J connectivity index is 2.48. The molecule has 1 aromatic carbocycles. The van der Waals surface area contributed by atoms with Gasteiger partial charge in [0.1, 0.15) is 0 Å². The lowest BCUT2D eigenvalue weighted by Crippen LogP contribution is -2.05. The molecule has 19 heavy (non-hydrogen) atoms. The Morgan fingerprint density at radius 1 is 1.26 bits per heavy atom. The van der Waals surface area contributed by atoms with E-state index >= 15 is 0 Å². The molecule has 0 saturated heterocycles. The van der Waals surface area contributed by atoms with Crippen LogP contribution in [0.2, 0.25) is 0 Å². The normalized spacial score (nSPS) is 11.3. The molecule has 0 unspecified atom stereocenters. The number of nitrogens with zero attached hydrogens (tertiary/aromatic N) is 2. The molecule has 1 N–H and O–H groups in total. The Morgan fingerprint density at radius 2 is 2.00 bits per heavy atom. The highest BCUT2D eigenvalue weighted by molar-refractivity contribution is 5.65. The van der Waals surface area contributed by atoms with E-state index in [4.69, 9.17) is 0 Å². The maximum atomic E-state index is 4.55. The summed E-state index contributed by atoms with van der Waals surface area (Å²) in [6.07, 6.45) is 0. The molecular weight excluding hydrogens is 234 g/mol. The zero-order chi connectivity index (χ0) is 14.0. The summed E-state index contributed by atoms with van der Waals surface area (Å²) >= 11 is 0. The molecule has 0 aliphatic rings. The fourth-order valence-corrected chi connectivity index (χ4v) is 2.32. The third-order valence-corrected chi connectivity index (χ3v) is 3.49. The first-order valence-corrected chi connectivity index (χ1v) is 6.81. The van der Waals surface area contributed by atoms with Crippen LogP contribution in [0.4, 0.5) is 0 Å². The van der Waals surface area contributed by atoms with Gasteiger partial charge in [0.25, 0.3) is 0 Å². The average molecular weight is 257 g/mol. The molecule has 0 aliphatic carbocycles. The average Bonchev–Trinajstić information content (AvgIpc) is 2.71. The van der Waals surface area contributed by atoms with Crippen molar-refractivity contribution in [3.05, 3.63) is 41.1 Å². The van der Waals surface area contributed by atoms with Crippen LogP contribution >= 0.6 is 0 Å². The first-order chi connectivity index (χ1) is 9.02. The topological polar surface area (TPSA) is 29.9 Å². The summed E-state index contributed by atoms with van der Waals surface area (Å²) in [6.45, 7) is 7.41. The van der Waals surface area contributed by atoms with Gasteiger partial charge in [-0.05, 0) is 43.1 Å². The lowest BCUT2D eigenvalue weighted by molar-refractivity contribution is 0.715. The van der Waals surface area contributed by atoms with E-state index in [1.165, 1.54) is 22.4 Å². The van der Waals surface area contributed by atoms with Gasteiger partial charge in [-0.3, -0.25) is 4.68 Å². The summed E-state index contributed by atoms with van der Waals surface area (Å²) in [6, 6.07) is 8.88. The lowest BCUT2D eigenvalue weighted by atomic mass is 9.96. The molecule has 102 valence electrons. The van der Waals surface area contributed by atoms with Gasteiger partial charge in [0.05, 0.1) is 11.4 Å². The molecule has 0 amide bonds. The van der Waals surface area contributed by atoms with Gasteiger partial charge in [0.2, 0.25) is 0 Å². The smallest absolute Gasteiger partial charge is 0.0768 e. The van der Waals surface area contributed by atoms with E-state index in [0.29, 0.717) is 5.92 Å². The number of rotatable bonds is 4. The van der Waals surface area contributed by atoms with E-state index in [0.717, 1.165) is 12.2 Å². The highest BCUT2D eigenvalue weighted by Gasteiger charge is 2.11. The Bertz CT molecular complexity index is 567. The summed E-state index contributed by atoms with van der Waals surface area (Å²) < 4.78 is 1.97. The van der Waals surface area contributed by atoms with Crippen LogP contribution in [-0.4, -0.2) is 16.8 Å². The summed E-state index contributed by atoms with van der Waals surface area (Å²) in [4.78, 5) is 0. The first-order valence-electron chi connectivity index (χ1n) is 6.81. The van der Waals surface area contributed by atoms with Crippen molar-refractivity contribution in [3.8, 4) is 11.3 Å². The van der Waals surface area contributed by atoms with Gasteiger partial charge in [-0.15, -0.1) is 0 Å². The van der Waals surface area contributed by atoms with Crippen molar-refractivity contribution in [2.45, 2.75) is 33.2 Å². The summed E-state index contributed by atoms with van der Waals surface area (Å²) in [5, 5.41) is 7.69. The first kappa shape index (κ1) is 13.8. The molecule has 0 atom stereocenters. The molecule has 0 aliphatic heterocycles. The van der Waals surface area contributed by atoms with E-state index < -0.39 is 0 Å². The van der Waals surface area contributed by atoms with Crippen LogP contribution < -0.4 is 5.32 Å². The molecule has 3 nitrogen and oxygen atoms in total. The van der Waals surface area contributed by atoms with Gasteiger partial charge in [-0.1, -0.05) is 26.0 Å². The largest absolute Gasteiger partial charge is 0.314 e. The van der Waals surface area contributed by atoms with Crippen molar-refractivity contribution in [1.29, 1.82) is 0 Å². The van der Waals surface area contributed by atoms with Crippen molar-refractivity contribution < 1.29 is 0 Å². The van der Waals surface area contributed by atoms with Gasteiger partial charge >= 0.3 is 0 Å². The third-order valence-electron chi connectivity index (χ3n) is 3.49. The molecule has 1 aromatic heterocycles. The molecule has 3 heteroatoms. The number of benzene rings is 1. The minimum Gasteiger partial charge on any atom is -0.314 e. The highest BCUT2D eigenvalue weighted by Crippen LogP contribution is 2.27. The van der Waals surface area contributed by atoms with E-state index in [2.05, 4.69) is 55.5 Å². The van der Waals surface area contributed by atoms with Crippen LogP contribution in [0.3, 0.4) is 0 Å². The second-order valence-corrected chi connectivity index (χ2v) is 5.40. The van der Waals surface area contributed by atoms with E-state index in [1.807, 2.05) is 18.8 Å². The molecule has 0 bridgehead atoms. The second-order valence-electron chi connectivity index (χ2n) is 5.40. The summed E-state index contributed by atoms with van der Waals surface area (Å²) in [5.41, 5.74) is 6.21. The van der Waals surface area contributed by atoms with Gasteiger partial charge in [-0.2, -0.15) is 5.10 Å². The second kappa shape index (κ2) is 5.57. The number of nitrogens with one attached hydrogen (secondary N) is 1. The molecule has 0 radical (unpaired) electrons. The van der Waals surface area contributed by atoms with Crippen molar-refractivity contribution in [3.63, 3.8) is 0 Å². The van der Waals surface area contributed by atoms with Crippen LogP contribution in [0.1, 0.15) is 36.6 Å². The molecule has 0 spiro atoms. The quantitative estimate of drug-likeness (QED) is 0.911. The minimum atomic E-state index is 0.546. The van der Waals surface area contributed by atoms with Crippen LogP contribution in [-0.2, 0) is 13.6 Å². The summed E-state index contributed by atoms with van der Waals surface area (Å²) in [7, 11) is 3.95. The Kier molecular flexibility index (Phi) is 4.05. The standard InChI is InChI=1S/C16H23N3/c1-11(2)13-7-6-12(3)15(8-13)16-9-14(10-17-4)18-19(16)5/h6-9,11,17H,10H2,1-5H3. The molecule has 1 heterocycles. The maximum Gasteiger partial charge on any atom is 0.0768 e. The fourth-order valence-electron chi connectivity index (χ4n) is 2.32. The van der Waals surface area contributed by atoms with Gasteiger partial charge in [-0.25, -0.2) is 0 Å². The van der Waals surface area contributed by atoms with Crippen molar-refractivity contribution in [2.75, 3.05) is 7.05 Å². The molecule has 0 fully saturated rings. The number of hydrogen-bond donors (Lipinski definition) is 1. The van der Waals surface area contributed by atoms with E-state index in [-0.39, 0.29) is 0 Å². The molecular formula is C16H23N3. The Hall–Kier alpha value is -1.61. The van der Waals surface area contributed by atoms with Crippen molar-refractivity contribution in [2.24, 2.45) is 7.05 Å². The van der Waals surface area contributed by atoms with E-state index in [1.54, 1.807) is 0 Å². The van der Waals surface area contributed by atoms with E-state index in [9.17, 15) is 0 Å². The fraction of sp³-hybridized carbons (Fsp3) is 0.438. The van der Waals surface area contributed by atoms with Crippen LogP contribution in [0, 0.1) is 6.92 Å². The third kappa shape index (κ3) is 2.87. The summed E-state index contributed by atoms with van der Waals surface area (Å²) in [5.74, 6) is 0.546. The Labute approximate surface area is 115 Å². The van der Waals surface area contributed by atoms with Crippen LogP contribution in [0.15, 0.2) is 24.3 Å². The number of hydrogen-bond acceptors (Lipinski definition) is 2. The molecule has 2 rings (SSSR count). The molecule has 0 saturated carbocycles. The zero-order valence-corrected chi connectivity index (χ0v) is 12.5. The monoisotopic (exact) mass is 257 g/mol.